The molecule has 128 valence electrons. The van der Waals surface area contributed by atoms with Gasteiger partial charge in [-0.1, -0.05) is 12.1 Å². The van der Waals surface area contributed by atoms with Gasteiger partial charge in [0.05, 0.1) is 0 Å². The quantitative estimate of drug-likeness (QED) is 0.720. The highest BCUT2D eigenvalue weighted by Crippen LogP contribution is 2.31. The molecule has 2 aromatic carbocycles. The number of nitrogens with zero attached hydrogens (tertiary/aromatic N) is 1. The van der Waals surface area contributed by atoms with Gasteiger partial charge in [0.15, 0.2) is 0 Å². The van der Waals surface area contributed by atoms with Gasteiger partial charge in [0, 0.05) is 49.5 Å². The van der Waals surface area contributed by atoms with Crippen molar-refractivity contribution in [3.63, 3.8) is 0 Å². The number of nitrogens with one attached hydrogen (secondary N) is 2. The van der Waals surface area contributed by atoms with Gasteiger partial charge in [-0.2, -0.15) is 0 Å². The lowest BCUT2D eigenvalue weighted by Gasteiger charge is -2.33. The highest BCUT2D eigenvalue weighted by molar-refractivity contribution is 5.63. The zero-order chi connectivity index (χ0) is 17.0. The first-order valence-electron chi connectivity index (χ1n) is 8.01. The largest absolute Gasteiger partial charge is 0.371 e. The summed E-state index contributed by atoms with van der Waals surface area (Å²) in [5.41, 5.74) is 5.97. The van der Waals surface area contributed by atoms with E-state index in [1.165, 1.54) is 0 Å². The Hall–Kier alpha value is -2.18. The topological polar surface area (TPSA) is 47.5 Å². The molecule has 0 saturated carbocycles. The van der Waals surface area contributed by atoms with Gasteiger partial charge in [0.2, 0.25) is 0 Å². The number of alkyl halides is 2. The molecule has 0 aromatic heterocycles. The first-order chi connectivity index (χ1) is 11.6. The van der Waals surface area contributed by atoms with Crippen LogP contribution in [0.15, 0.2) is 48.5 Å². The van der Waals surface area contributed by atoms with E-state index >= 15 is 0 Å². The highest BCUT2D eigenvalue weighted by atomic mass is 19.3. The molecule has 0 spiro atoms. The summed E-state index contributed by atoms with van der Waals surface area (Å²) >= 11 is 0. The van der Waals surface area contributed by atoms with Gasteiger partial charge < -0.3 is 15.4 Å². The van der Waals surface area contributed by atoms with Gasteiger partial charge >= 0.3 is 0 Å². The van der Waals surface area contributed by atoms with Gasteiger partial charge in [0.25, 0.3) is 5.92 Å². The maximum absolute atomic E-state index is 13.2. The third-order valence-corrected chi connectivity index (χ3v) is 4.25. The van der Waals surface area contributed by atoms with Crippen LogP contribution in [0.3, 0.4) is 0 Å². The summed E-state index contributed by atoms with van der Waals surface area (Å²) in [6, 6.07) is 15.5. The summed E-state index contributed by atoms with van der Waals surface area (Å²) in [5, 5.41) is 12.0. The Morgan fingerprint density at radius 2 is 1.46 bits per heavy atom. The molecule has 1 aliphatic rings. The third-order valence-electron chi connectivity index (χ3n) is 4.25. The first-order valence-corrected chi connectivity index (χ1v) is 8.01. The average Bonchev–Trinajstić information content (AvgIpc) is 2.58. The Morgan fingerprint density at radius 3 is 2.00 bits per heavy atom. The number of rotatable bonds is 5. The minimum absolute atomic E-state index is 0.0813. The Morgan fingerprint density at radius 1 is 0.917 bits per heavy atom. The number of hydroxylamine groups is 1. The fourth-order valence-corrected chi connectivity index (χ4v) is 2.81. The predicted molar refractivity (Wildman–Crippen MR) is 91.2 cm³/mol. The zero-order valence-electron chi connectivity index (χ0n) is 13.3. The van der Waals surface area contributed by atoms with Crippen LogP contribution in [0.4, 0.5) is 25.8 Å². The van der Waals surface area contributed by atoms with Crippen LogP contribution in [-0.4, -0.2) is 24.2 Å². The van der Waals surface area contributed by atoms with Gasteiger partial charge in [-0.05, 0) is 42.0 Å². The fraction of sp³-hybridized carbons (Fsp3) is 0.333. The number of hydrogen-bond acceptors (Lipinski definition) is 4. The van der Waals surface area contributed by atoms with Crippen LogP contribution in [0, 0.1) is 0 Å². The molecule has 0 atom stereocenters. The van der Waals surface area contributed by atoms with E-state index in [9.17, 15) is 8.78 Å². The van der Waals surface area contributed by atoms with Crippen molar-refractivity contribution in [2.45, 2.75) is 25.3 Å². The standard InChI is InChI=1S/C18H21F2N3O/c19-18(20)9-11-23(12-10-18)17-7-5-16(6-8-17)22-15-3-1-14(2-4-15)13-21-24/h1-8,21-22,24H,9-13H2. The summed E-state index contributed by atoms with van der Waals surface area (Å²) in [7, 11) is 0. The smallest absolute Gasteiger partial charge is 0.251 e. The maximum atomic E-state index is 13.2. The number of anilines is 3. The van der Waals surface area contributed by atoms with E-state index in [2.05, 4.69) is 10.8 Å². The molecule has 2 aromatic rings. The number of halogens is 2. The molecule has 0 aliphatic carbocycles. The van der Waals surface area contributed by atoms with Crippen molar-refractivity contribution in [2.75, 3.05) is 23.3 Å². The molecule has 0 amide bonds. The second kappa shape index (κ2) is 7.15. The lowest BCUT2D eigenvalue weighted by molar-refractivity contribution is -0.0220. The second-order valence-electron chi connectivity index (χ2n) is 6.05. The van der Waals surface area contributed by atoms with E-state index in [4.69, 9.17) is 5.21 Å². The molecular formula is C18H21F2N3O. The molecule has 1 saturated heterocycles. The molecule has 3 rings (SSSR count). The molecule has 6 heteroatoms. The first kappa shape index (κ1) is 16.7. The number of hydrogen-bond donors (Lipinski definition) is 3. The molecule has 24 heavy (non-hydrogen) atoms. The normalized spacial score (nSPS) is 16.9. The van der Waals surface area contributed by atoms with Crippen LogP contribution in [0.2, 0.25) is 0 Å². The van der Waals surface area contributed by atoms with Crippen molar-refractivity contribution in [3.8, 4) is 0 Å². The van der Waals surface area contributed by atoms with Crippen LogP contribution < -0.4 is 15.7 Å². The Bertz CT molecular complexity index is 649. The van der Waals surface area contributed by atoms with Gasteiger partial charge in [-0.3, -0.25) is 0 Å². The van der Waals surface area contributed by atoms with Crippen LogP contribution >= 0.6 is 0 Å². The van der Waals surface area contributed by atoms with Crippen molar-refractivity contribution in [1.82, 2.24) is 5.48 Å². The number of piperidine rings is 1. The van der Waals surface area contributed by atoms with Crippen molar-refractivity contribution in [3.05, 3.63) is 54.1 Å². The molecule has 1 aliphatic heterocycles. The Kier molecular flexibility index (Phi) is 4.97. The van der Waals surface area contributed by atoms with E-state index in [0.717, 1.165) is 22.6 Å². The molecule has 0 bridgehead atoms. The minimum atomic E-state index is -2.52. The van der Waals surface area contributed by atoms with E-state index in [-0.39, 0.29) is 12.8 Å². The predicted octanol–water partition coefficient (Wildman–Crippen LogP) is 4.14. The molecular weight excluding hydrogens is 312 g/mol. The molecule has 1 fully saturated rings. The van der Waals surface area contributed by atoms with E-state index < -0.39 is 5.92 Å². The van der Waals surface area contributed by atoms with Crippen LogP contribution in [0.1, 0.15) is 18.4 Å². The third kappa shape index (κ3) is 4.21. The summed E-state index contributed by atoms with van der Waals surface area (Å²) in [4.78, 5) is 2.00. The van der Waals surface area contributed by atoms with E-state index in [0.29, 0.717) is 19.6 Å². The summed E-state index contributed by atoms with van der Waals surface area (Å²) in [6.45, 7) is 1.18. The highest BCUT2D eigenvalue weighted by Gasteiger charge is 2.33. The van der Waals surface area contributed by atoms with Crippen LogP contribution in [0.5, 0.6) is 0 Å². The SMILES string of the molecule is ONCc1ccc(Nc2ccc(N3CCC(F)(F)CC3)cc2)cc1. The van der Waals surface area contributed by atoms with Gasteiger partial charge in [-0.25, -0.2) is 14.3 Å². The molecule has 3 N–H and O–H groups in total. The van der Waals surface area contributed by atoms with Crippen LogP contribution in [0.25, 0.3) is 0 Å². The van der Waals surface area contributed by atoms with Gasteiger partial charge in [-0.15, -0.1) is 0 Å². The van der Waals surface area contributed by atoms with Crippen molar-refractivity contribution in [1.29, 1.82) is 0 Å². The van der Waals surface area contributed by atoms with Crippen molar-refractivity contribution in [2.24, 2.45) is 0 Å². The molecule has 1 heterocycles. The lowest BCUT2D eigenvalue weighted by atomic mass is 10.1. The Labute approximate surface area is 140 Å². The van der Waals surface area contributed by atoms with Crippen LogP contribution in [-0.2, 0) is 6.54 Å². The van der Waals surface area contributed by atoms with E-state index in [1.54, 1.807) is 0 Å². The molecule has 4 nitrogen and oxygen atoms in total. The monoisotopic (exact) mass is 333 g/mol. The van der Waals surface area contributed by atoms with E-state index in [1.807, 2.05) is 53.4 Å². The maximum Gasteiger partial charge on any atom is 0.251 e. The van der Waals surface area contributed by atoms with Crippen molar-refractivity contribution >= 4 is 17.1 Å². The average molecular weight is 333 g/mol. The fourth-order valence-electron chi connectivity index (χ4n) is 2.81. The zero-order valence-corrected chi connectivity index (χ0v) is 13.3. The summed E-state index contributed by atoms with van der Waals surface area (Å²) < 4.78 is 26.4. The lowest BCUT2D eigenvalue weighted by Crippen LogP contribution is -2.39. The second-order valence-corrected chi connectivity index (χ2v) is 6.05. The van der Waals surface area contributed by atoms with Gasteiger partial charge in [0.1, 0.15) is 0 Å². The summed E-state index contributed by atoms with van der Waals surface area (Å²) in [5.74, 6) is -2.52. The number of benzene rings is 2. The Balaban J connectivity index is 1.60. The van der Waals surface area contributed by atoms with Crippen molar-refractivity contribution < 1.29 is 14.0 Å². The molecule has 0 unspecified atom stereocenters. The minimum Gasteiger partial charge on any atom is -0.371 e. The summed E-state index contributed by atoms with van der Waals surface area (Å²) in [6.07, 6.45) is -0.163. The molecule has 0 radical (unpaired) electrons.